The number of hydrogen-bond donors (Lipinski definition) is 7. The maximum atomic E-state index is 13.6. The monoisotopic (exact) mass is 586 g/mol. The number of unbranched alkanes of at least 4 members (excludes halogenated alkanes) is 2. The number of nitrogens with zero attached hydrogens (tertiary/aromatic N) is 1. The fourth-order valence-corrected chi connectivity index (χ4v) is 4.50. The number of rotatable bonds is 11. The van der Waals surface area contributed by atoms with Crippen molar-refractivity contribution in [1.82, 2.24) is 31.9 Å². The van der Waals surface area contributed by atoms with Crippen LogP contribution in [0.2, 0.25) is 0 Å². The predicted molar refractivity (Wildman–Crippen MR) is 160 cm³/mol. The summed E-state index contributed by atoms with van der Waals surface area (Å²) in [5.74, 6) is -2.45. The number of guanidine groups is 1. The fraction of sp³-hybridized carbons (Fsp3) is 0.586. The van der Waals surface area contributed by atoms with Crippen molar-refractivity contribution in [3.05, 3.63) is 35.9 Å². The maximum absolute atomic E-state index is 13.6. The van der Waals surface area contributed by atoms with Crippen LogP contribution in [0.1, 0.15) is 64.4 Å². The lowest BCUT2D eigenvalue weighted by Gasteiger charge is -2.26. The molecular weight excluding hydrogens is 540 g/mol. The number of nitrogens with one attached hydrogen (secondary N) is 6. The summed E-state index contributed by atoms with van der Waals surface area (Å²) in [7, 11) is 1.55. The van der Waals surface area contributed by atoms with Gasteiger partial charge in [0.15, 0.2) is 5.96 Å². The van der Waals surface area contributed by atoms with Crippen molar-refractivity contribution in [2.45, 2.75) is 89.4 Å². The average Bonchev–Trinajstić information content (AvgIpc) is 2.99. The van der Waals surface area contributed by atoms with Crippen molar-refractivity contribution in [3.8, 4) is 0 Å². The Morgan fingerprint density at radius 3 is 2.05 bits per heavy atom. The van der Waals surface area contributed by atoms with Crippen LogP contribution in [0.25, 0.3) is 0 Å². The van der Waals surface area contributed by atoms with Crippen LogP contribution in [0.5, 0.6) is 0 Å². The van der Waals surface area contributed by atoms with Gasteiger partial charge in [0.25, 0.3) is 0 Å². The number of nitrogens with two attached hydrogens (primary N) is 1. The normalized spacial score (nSPS) is 22.9. The van der Waals surface area contributed by atoms with E-state index >= 15 is 0 Å². The molecule has 2 rings (SSSR count). The standard InChI is InChI=1S/C29H46N8O5/c1-4-6-8-14-22-27(41)35-21(15-11-16-32-29(30)31-3)25(39)33-18-24(38)34-20(5-2)26(40)37-23(28(42)36-22)17-19-12-9-7-10-13-19/h7,9-10,12-13,20-23H,4-6,8,11,14-18H2,1-3H3,(H,33,39)(H,34,38)(H,35,41)(H,36,42)(H,37,40)(H3,30,31,32)/t20-,21?,22?,23+/m0/s1. The second kappa shape index (κ2) is 18.3. The minimum Gasteiger partial charge on any atom is -0.370 e. The fourth-order valence-electron chi connectivity index (χ4n) is 4.50. The third kappa shape index (κ3) is 11.8. The van der Waals surface area contributed by atoms with Gasteiger partial charge in [-0.15, -0.1) is 0 Å². The van der Waals surface area contributed by atoms with E-state index in [1.54, 1.807) is 14.0 Å². The van der Waals surface area contributed by atoms with E-state index in [1.807, 2.05) is 37.3 Å². The van der Waals surface area contributed by atoms with Crippen molar-refractivity contribution < 1.29 is 24.0 Å². The van der Waals surface area contributed by atoms with Gasteiger partial charge in [0.1, 0.15) is 24.2 Å². The summed E-state index contributed by atoms with van der Waals surface area (Å²) in [6, 6.07) is 5.40. The highest BCUT2D eigenvalue weighted by molar-refractivity contribution is 5.97. The van der Waals surface area contributed by atoms with E-state index in [2.05, 4.69) is 36.9 Å². The summed E-state index contributed by atoms with van der Waals surface area (Å²) in [6.07, 6.45) is 3.96. The highest BCUT2D eigenvalue weighted by Crippen LogP contribution is 2.09. The lowest BCUT2D eigenvalue weighted by molar-refractivity contribution is -0.134. The number of hydrogen-bond acceptors (Lipinski definition) is 6. The molecule has 4 atom stereocenters. The van der Waals surface area contributed by atoms with E-state index in [4.69, 9.17) is 5.73 Å². The summed E-state index contributed by atoms with van der Waals surface area (Å²) >= 11 is 0. The first-order valence-corrected chi connectivity index (χ1v) is 14.7. The Balaban J connectivity index is 2.36. The summed E-state index contributed by atoms with van der Waals surface area (Å²) in [5, 5.41) is 16.4. The minimum absolute atomic E-state index is 0.186. The molecule has 0 saturated carbocycles. The predicted octanol–water partition coefficient (Wildman–Crippen LogP) is -0.397. The number of benzene rings is 1. The van der Waals surface area contributed by atoms with Gasteiger partial charge in [-0.05, 0) is 31.2 Å². The Labute approximate surface area is 247 Å². The molecule has 42 heavy (non-hydrogen) atoms. The van der Waals surface area contributed by atoms with Gasteiger partial charge in [0, 0.05) is 20.0 Å². The Morgan fingerprint density at radius 1 is 0.810 bits per heavy atom. The summed E-state index contributed by atoms with van der Waals surface area (Å²) in [6.45, 7) is 3.79. The van der Waals surface area contributed by atoms with Gasteiger partial charge in [0.2, 0.25) is 29.5 Å². The highest BCUT2D eigenvalue weighted by atomic mass is 16.2. The minimum atomic E-state index is -0.996. The molecule has 1 aromatic rings. The van der Waals surface area contributed by atoms with Gasteiger partial charge >= 0.3 is 0 Å². The van der Waals surface area contributed by atoms with Crippen LogP contribution in [0.15, 0.2) is 35.3 Å². The van der Waals surface area contributed by atoms with Crippen LogP contribution < -0.4 is 37.6 Å². The molecule has 13 nitrogen and oxygen atoms in total. The first-order chi connectivity index (χ1) is 20.2. The molecular formula is C29H46N8O5. The van der Waals surface area contributed by atoms with Gasteiger partial charge in [-0.3, -0.25) is 29.0 Å². The van der Waals surface area contributed by atoms with E-state index in [0.29, 0.717) is 25.8 Å². The number of carbonyl (C=O) groups excluding carboxylic acids is 5. The quantitative estimate of drug-likeness (QED) is 0.104. The molecule has 2 unspecified atom stereocenters. The second-order valence-electron chi connectivity index (χ2n) is 10.3. The zero-order chi connectivity index (χ0) is 30.9. The molecule has 1 aliphatic heterocycles. The SMILES string of the molecule is CCCCCC1NC(=O)[C@@H](Cc2ccccc2)NC(=O)[C@H](CC)NC(=O)CNC(=O)C(CCCNC(N)=NC)NC1=O. The number of carbonyl (C=O) groups is 5. The smallest absolute Gasteiger partial charge is 0.243 e. The number of amides is 5. The Morgan fingerprint density at radius 2 is 1.40 bits per heavy atom. The van der Waals surface area contributed by atoms with Crippen molar-refractivity contribution in [2.75, 3.05) is 20.1 Å². The molecule has 1 aromatic carbocycles. The zero-order valence-electron chi connectivity index (χ0n) is 24.8. The molecule has 0 aliphatic carbocycles. The van der Waals surface area contributed by atoms with Crippen LogP contribution in [-0.4, -0.2) is 79.8 Å². The van der Waals surface area contributed by atoms with Crippen molar-refractivity contribution in [3.63, 3.8) is 0 Å². The molecule has 8 N–H and O–H groups in total. The van der Waals surface area contributed by atoms with Crippen LogP contribution >= 0.6 is 0 Å². The molecule has 1 fully saturated rings. The van der Waals surface area contributed by atoms with Crippen molar-refractivity contribution in [1.29, 1.82) is 0 Å². The molecule has 1 heterocycles. The lowest BCUT2D eigenvalue weighted by Crippen LogP contribution is -2.58. The first kappa shape index (κ1) is 34.0. The first-order valence-electron chi connectivity index (χ1n) is 14.7. The van der Waals surface area contributed by atoms with Gasteiger partial charge in [-0.2, -0.15) is 0 Å². The zero-order valence-corrected chi connectivity index (χ0v) is 24.8. The van der Waals surface area contributed by atoms with Gasteiger partial charge < -0.3 is 37.6 Å². The van der Waals surface area contributed by atoms with Crippen molar-refractivity contribution >= 4 is 35.5 Å². The molecule has 0 aromatic heterocycles. The van der Waals surface area contributed by atoms with Gasteiger partial charge in [-0.25, -0.2) is 0 Å². The van der Waals surface area contributed by atoms with Crippen LogP contribution in [0.4, 0.5) is 0 Å². The Bertz CT molecular complexity index is 1080. The molecule has 0 bridgehead atoms. The average molecular weight is 587 g/mol. The molecule has 1 saturated heterocycles. The van der Waals surface area contributed by atoms with Gasteiger partial charge in [0.05, 0.1) is 6.54 Å². The molecule has 13 heteroatoms. The maximum Gasteiger partial charge on any atom is 0.243 e. The van der Waals surface area contributed by atoms with Crippen LogP contribution in [0, 0.1) is 0 Å². The molecule has 0 radical (unpaired) electrons. The molecule has 0 spiro atoms. The highest BCUT2D eigenvalue weighted by Gasteiger charge is 2.31. The van der Waals surface area contributed by atoms with Crippen LogP contribution in [-0.2, 0) is 30.4 Å². The Kier molecular flexibility index (Phi) is 14.8. The summed E-state index contributed by atoms with van der Waals surface area (Å²) < 4.78 is 0. The third-order valence-corrected chi connectivity index (χ3v) is 6.98. The lowest BCUT2D eigenvalue weighted by atomic mass is 10.0. The summed E-state index contributed by atoms with van der Waals surface area (Å²) in [4.78, 5) is 69.8. The van der Waals surface area contributed by atoms with Crippen LogP contribution in [0.3, 0.4) is 0 Å². The largest absolute Gasteiger partial charge is 0.370 e. The molecule has 5 amide bonds. The Hall–Kier alpha value is -4.16. The van der Waals surface area contributed by atoms with E-state index in [1.165, 1.54) is 0 Å². The molecule has 232 valence electrons. The summed E-state index contributed by atoms with van der Waals surface area (Å²) in [5.41, 5.74) is 6.49. The van der Waals surface area contributed by atoms with E-state index in [-0.39, 0.29) is 31.8 Å². The second-order valence-corrected chi connectivity index (χ2v) is 10.3. The van der Waals surface area contributed by atoms with E-state index in [9.17, 15) is 24.0 Å². The van der Waals surface area contributed by atoms with E-state index in [0.717, 1.165) is 18.4 Å². The number of aliphatic imine (C=N–C) groups is 1. The molecule has 1 aliphatic rings. The topological polar surface area (TPSA) is 196 Å². The van der Waals surface area contributed by atoms with Gasteiger partial charge in [-0.1, -0.05) is 63.4 Å². The van der Waals surface area contributed by atoms with Crippen molar-refractivity contribution in [2.24, 2.45) is 10.7 Å². The third-order valence-electron chi connectivity index (χ3n) is 6.98. The van der Waals surface area contributed by atoms with E-state index < -0.39 is 53.7 Å².